The lowest BCUT2D eigenvalue weighted by molar-refractivity contribution is -0.138. The van der Waals surface area contributed by atoms with Gasteiger partial charge >= 0.3 is 12.4 Å². The summed E-state index contributed by atoms with van der Waals surface area (Å²) in [5, 5.41) is 14.8. The van der Waals surface area contributed by atoms with Crippen LogP contribution in [0.25, 0.3) is 81.7 Å². The summed E-state index contributed by atoms with van der Waals surface area (Å²) < 4.78 is 85.5. The maximum Gasteiger partial charge on any atom is 0.416 e. The predicted octanol–water partition coefficient (Wildman–Crippen LogP) is 20.7. The molecule has 374 valence electrons. The lowest BCUT2D eigenvalue weighted by atomic mass is 9.91. The molecule has 0 saturated carbocycles. The van der Waals surface area contributed by atoms with E-state index in [4.69, 9.17) is 6.57 Å². The zero-order chi connectivity index (χ0) is 53.7. The number of anilines is 6. The number of hydrogen-bond acceptors (Lipinski definition) is 3. The Kier molecular flexibility index (Phi) is 12.2. The summed E-state index contributed by atoms with van der Waals surface area (Å²) in [4.78, 5) is 7.54. The van der Waals surface area contributed by atoms with Crippen LogP contribution in [0.5, 0.6) is 0 Å². The van der Waals surface area contributed by atoms with Gasteiger partial charge < -0.3 is 9.80 Å². The number of alkyl halides is 6. The minimum Gasteiger partial charge on any atom is -0.310 e. The molecule has 12 rings (SSSR count). The fraction of sp³-hybridized carbons (Fsp3) is 0.0294. The van der Waals surface area contributed by atoms with Crippen molar-refractivity contribution in [1.82, 2.24) is 0 Å². The van der Waals surface area contributed by atoms with Crippen molar-refractivity contribution in [3.63, 3.8) is 0 Å². The Morgan fingerprint density at radius 3 is 1.08 bits per heavy atom. The van der Waals surface area contributed by atoms with Crippen LogP contribution in [-0.4, -0.2) is 0 Å². The Labute approximate surface area is 445 Å². The summed E-state index contributed by atoms with van der Waals surface area (Å²) in [7, 11) is 0. The molecular formula is C68H40F6N4. The molecule has 0 aliphatic carbocycles. The third-order valence-electron chi connectivity index (χ3n) is 14.2. The van der Waals surface area contributed by atoms with Crippen LogP contribution in [0.2, 0.25) is 0 Å². The van der Waals surface area contributed by atoms with E-state index in [2.05, 4.69) is 23.0 Å². The van der Waals surface area contributed by atoms with Gasteiger partial charge in [0.2, 0.25) is 0 Å². The lowest BCUT2D eigenvalue weighted by Crippen LogP contribution is -2.13. The molecule has 0 atom stereocenters. The summed E-state index contributed by atoms with van der Waals surface area (Å²) in [6.07, 6.45) is -9.15. The van der Waals surface area contributed by atoms with Gasteiger partial charge in [-0.15, -0.1) is 0 Å². The van der Waals surface area contributed by atoms with Gasteiger partial charge in [0.15, 0.2) is 5.69 Å². The molecule has 10 heteroatoms. The zero-order valence-corrected chi connectivity index (χ0v) is 41.2. The number of rotatable bonds is 10. The first kappa shape index (κ1) is 48.8. The Morgan fingerprint density at radius 1 is 0.359 bits per heavy atom. The van der Waals surface area contributed by atoms with Crippen molar-refractivity contribution in [1.29, 1.82) is 5.26 Å². The van der Waals surface area contributed by atoms with E-state index in [1.807, 2.05) is 168 Å². The van der Waals surface area contributed by atoms with Crippen molar-refractivity contribution in [2.75, 3.05) is 9.80 Å². The van der Waals surface area contributed by atoms with Gasteiger partial charge in [-0.05, 0) is 175 Å². The van der Waals surface area contributed by atoms with Crippen molar-refractivity contribution in [3.8, 4) is 50.6 Å². The van der Waals surface area contributed by atoms with Crippen LogP contribution >= 0.6 is 0 Å². The van der Waals surface area contributed by atoms with Gasteiger partial charge in [0, 0.05) is 33.5 Å². The summed E-state index contributed by atoms with van der Waals surface area (Å²) in [6, 6.07) is 74.9. The molecule has 0 fully saturated rings. The summed E-state index contributed by atoms with van der Waals surface area (Å²) >= 11 is 0. The fourth-order valence-electron chi connectivity index (χ4n) is 10.5. The number of halogens is 6. The Balaban J connectivity index is 1.11. The predicted molar refractivity (Wildman–Crippen MR) is 302 cm³/mol. The number of hydrogen-bond donors (Lipinski definition) is 0. The van der Waals surface area contributed by atoms with Crippen LogP contribution < -0.4 is 9.80 Å². The molecule has 0 bridgehead atoms. The highest BCUT2D eigenvalue weighted by atomic mass is 19.4. The molecule has 12 aromatic rings. The summed E-state index contributed by atoms with van der Waals surface area (Å²) in [6.45, 7) is 7.57. The molecule has 78 heavy (non-hydrogen) atoms. The van der Waals surface area contributed by atoms with Crippen molar-refractivity contribution in [2.45, 2.75) is 12.4 Å². The maximum atomic E-state index is 14.2. The molecule has 0 N–H and O–H groups in total. The van der Waals surface area contributed by atoms with Crippen molar-refractivity contribution in [3.05, 3.63) is 271 Å². The Morgan fingerprint density at radius 2 is 0.718 bits per heavy atom. The van der Waals surface area contributed by atoms with Crippen LogP contribution in [0.3, 0.4) is 0 Å². The molecule has 12 aromatic carbocycles. The molecule has 0 heterocycles. The number of benzene rings is 12. The topological polar surface area (TPSA) is 34.6 Å². The van der Waals surface area contributed by atoms with E-state index >= 15 is 0 Å². The highest BCUT2D eigenvalue weighted by Gasteiger charge is 2.32. The first-order valence-corrected chi connectivity index (χ1v) is 24.9. The van der Waals surface area contributed by atoms with E-state index in [0.29, 0.717) is 45.4 Å². The fourth-order valence-corrected chi connectivity index (χ4v) is 10.5. The van der Waals surface area contributed by atoms with Crippen molar-refractivity contribution >= 4 is 72.1 Å². The number of nitrogens with zero attached hydrogens (tertiary/aromatic N) is 4. The average molecular weight is 1030 g/mol. The average Bonchev–Trinajstić information content (AvgIpc) is 3.59. The van der Waals surface area contributed by atoms with Crippen LogP contribution in [0, 0.1) is 17.9 Å². The standard InChI is InChI=1S/C68H40F6N4/c1-76-56-26-16-47(17-27-56)53-37-51(45-10-6-3-7-11-45)39-60(41-53)78(58-30-24-55(25-31-58)68(72,73)74)64-35-21-49-18-32-61-63(34-20-48-19-33-62(64)66(49)65(48)61)77(57-28-22-54(23-29-57)67(69,70)71)59-38-50(44-8-4-2-5-9-44)36-52(40-59)46-14-12-43(42-75)13-15-46/h2-41H. The van der Waals surface area contributed by atoms with Gasteiger partial charge in [0.05, 0.1) is 40.7 Å². The minimum atomic E-state index is -4.58. The van der Waals surface area contributed by atoms with Gasteiger partial charge in [-0.1, -0.05) is 133 Å². The van der Waals surface area contributed by atoms with E-state index in [-0.39, 0.29) is 0 Å². The van der Waals surface area contributed by atoms with E-state index in [1.54, 1.807) is 24.3 Å². The largest absolute Gasteiger partial charge is 0.416 e. The molecule has 0 saturated heterocycles. The molecule has 0 radical (unpaired) electrons. The van der Waals surface area contributed by atoms with Gasteiger partial charge in [-0.3, -0.25) is 0 Å². The molecule has 0 aromatic heterocycles. The molecule has 0 unspecified atom stereocenters. The smallest absolute Gasteiger partial charge is 0.310 e. The Hall–Kier alpha value is -10.2. The Bertz CT molecular complexity index is 4000. The van der Waals surface area contributed by atoms with E-state index in [1.165, 1.54) is 24.3 Å². The molecule has 0 aliphatic rings. The quantitative estimate of drug-likeness (QED) is 0.0778. The van der Waals surface area contributed by atoms with Gasteiger partial charge in [0.1, 0.15) is 0 Å². The monoisotopic (exact) mass is 1030 g/mol. The normalized spacial score (nSPS) is 11.7. The second-order valence-electron chi connectivity index (χ2n) is 19.0. The van der Waals surface area contributed by atoms with Gasteiger partial charge in [-0.2, -0.15) is 31.6 Å². The molecule has 4 nitrogen and oxygen atoms in total. The van der Waals surface area contributed by atoms with E-state index < -0.39 is 23.5 Å². The van der Waals surface area contributed by atoms with E-state index in [9.17, 15) is 31.6 Å². The van der Waals surface area contributed by atoms with Crippen LogP contribution in [-0.2, 0) is 12.4 Å². The van der Waals surface area contributed by atoms with Crippen molar-refractivity contribution < 1.29 is 26.3 Å². The molecule has 0 amide bonds. The van der Waals surface area contributed by atoms with Crippen LogP contribution in [0.4, 0.5) is 66.2 Å². The first-order chi connectivity index (χ1) is 37.8. The third-order valence-corrected chi connectivity index (χ3v) is 14.2. The summed E-state index contributed by atoms with van der Waals surface area (Å²) in [5.41, 5.74) is 9.92. The minimum absolute atomic E-state index is 0.473. The third kappa shape index (κ3) is 9.16. The first-order valence-electron chi connectivity index (χ1n) is 24.9. The van der Waals surface area contributed by atoms with Gasteiger partial charge in [0.25, 0.3) is 0 Å². The molecule has 0 aliphatic heterocycles. The van der Waals surface area contributed by atoms with Crippen molar-refractivity contribution in [2.24, 2.45) is 0 Å². The lowest BCUT2D eigenvalue weighted by Gasteiger charge is -2.30. The highest BCUT2D eigenvalue weighted by molar-refractivity contribution is 6.28. The van der Waals surface area contributed by atoms with Crippen LogP contribution in [0.1, 0.15) is 16.7 Å². The van der Waals surface area contributed by atoms with E-state index in [0.717, 1.165) is 101 Å². The second kappa shape index (κ2) is 19.5. The van der Waals surface area contributed by atoms with Gasteiger partial charge in [-0.25, -0.2) is 4.85 Å². The maximum absolute atomic E-state index is 14.2. The zero-order valence-electron chi connectivity index (χ0n) is 41.2. The second-order valence-corrected chi connectivity index (χ2v) is 19.0. The highest BCUT2D eigenvalue weighted by Crippen LogP contribution is 2.50. The van der Waals surface area contributed by atoms with Crippen LogP contribution in [0.15, 0.2) is 243 Å². The summed E-state index contributed by atoms with van der Waals surface area (Å²) in [5.74, 6) is 0. The number of nitriles is 1. The SMILES string of the molecule is [C-]#[N+]c1ccc(-c2cc(-c3ccccc3)cc(N(c3ccc(C(F)(F)F)cc3)c3ccc4ccc5c(N(c6ccc(C(F)(F)F)cc6)c6cc(-c7ccccc7)cc(-c7ccc(C#N)cc7)c6)ccc6ccc3c4c65)c2)cc1. The molecule has 0 spiro atoms. The molecular weight excluding hydrogens is 987 g/mol.